The Bertz CT molecular complexity index is 690. The molecule has 12 heteroatoms. The average Bonchev–Trinajstić information content (AvgIpc) is 2.67. The van der Waals surface area contributed by atoms with Gasteiger partial charge in [-0.1, -0.05) is 27.7 Å². The largest absolute Gasteiger partial charge is 0.480 e. The molecule has 0 fully saturated rings. The van der Waals surface area contributed by atoms with Crippen molar-refractivity contribution in [3.05, 3.63) is 0 Å². The molecule has 0 aromatic rings. The molecular formula is C21H41N7O5. The van der Waals surface area contributed by atoms with Gasteiger partial charge in [-0.05, 0) is 44.4 Å². The van der Waals surface area contributed by atoms with Gasteiger partial charge in [0.05, 0.1) is 6.04 Å². The molecule has 0 aliphatic rings. The standard InChI is InChI=1S/C21H41N7O5/c1-11(2)9-15(19(31)28-16(20(32)33)10-12(3)4)27-18(30)14(26-17(29)13(5)22)7-6-8-25-21(23)24/h11-16H,6-10,22H2,1-5H3,(H,26,29)(H,27,30)(H,28,31)(H,32,33)(H4,23,24,25). The van der Waals surface area contributed by atoms with Gasteiger partial charge < -0.3 is 38.3 Å². The predicted octanol–water partition coefficient (Wildman–Crippen LogP) is -0.982. The maximum atomic E-state index is 13.0. The summed E-state index contributed by atoms with van der Waals surface area (Å²) in [7, 11) is 0. The lowest BCUT2D eigenvalue weighted by Gasteiger charge is -2.26. The molecule has 0 spiro atoms. The number of rotatable bonds is 15. The minimum Gasteiger partial charge on any atom is -0.480 e. The first-order valence-electron chi connectivity index (χ1n) is 11.2. The van der Waals surface area contributed by atoms with Crippen molar-refractivity contribution in [3.63, 3.8) is 0 Å². The molecule has 0 aromatic carbocycles. The third-order valence-corrected chi connectivity index (χ3v) is 4.65. The van der Waals surface area contributed by atoms with Crippen molar-refractivity contribution in [1.82, 2.24) is 16.0 Å². The van der Waals surface area contributed by atoms with E-state index >= 15 is 0 Å². The number of carbonyl (C=O) groups excluding carboxylic acids is 3. The SMILES string of the molecule is CC(C)CC(NC(=O)C(CC(C)C)NC(=O)C(CCCN=C(N)N)NC(=O)C(C)N)C(=O)O. The molecule has 4 unspecified atom stereocenters. The van der Waals surface area contributed by atoms with E-state index in [1.54, 1.807) is 0 Å². The van der Waals surface area contributed by atoms with E-state index in [0.717, 1.165) is 0 Å². The Balaban J connectivity index is 5.47. The van der Waals surface area contributed by atoms with Gasteiger partial charge in [-0.25, -0.2) is 4.79 Å². The van der Waals surface area contributed by atoms with Crippen LogP contribution < -0.4 is 33.2 Å². The third kappa shape index (κ3) is 13.3. The molecule has 0 bridgehead atoms. The van der Waals surface area contributed by atoms with Crippen molar-refractivity contribution < 1.29 is 24.3 Å². The second-order valence-electron chi connectivity index (χ2n) is 9.02. The zero-order chi connectivity index (χ0) is 25.7. The first-order valence-corrected chi connectivity index (χ1v) is 11.2. The summed E-state index contributed by atoms with van der Waals surface area (Å²) in [4.78, 5) is 53.3. The van der Waals surface area contributed by atoms with Crippen LogP contribution in [0.4, 0.5) is 0 Å². The van der Waals surface area contributed by atoms with Gasteiger partial charge in [0.1, 0.15) is 18.1 Å². The Labute approximate surface area is 195 Å². The summed E-state index contributed by atoms with van der Waals surface area (Å²) in [6.45, 7) is 9.19. The molecular weight excluding hydrogens is 430 g/mol. The van der Waals surface area contributed by atoms with Gasteiger partial charge in [-0.3, -0.25) is 19.4 Å². The second kappa shape index (κ2) is 15.0. The number of carboxylic acids is 1. The van der Waals surface area contributed by atoms with Gasteiger partial charge in [-0.2, -0.15) is 0 Å². The van der Waals surface area contributed by atoms with Gasteiger partial charge >= 0.3 is 5.97 Å². The highest BCUT2D eigenvalue weighted by atomic mass is 16.4. The van der Waals surface area contributed by atoms with Crippen LogP contribution in [0.2, 0.25) is 0 Å². The summed E-state index contributed by atoms with van der Waals surface area (Å²) >= 11 is 0. The molecule has 0 heterocycles. The molecule has 190 valence electrons. The van der Waals surface area contributed by atoms with E-state index in [2.05, 4.69) is 20.9 Å². The molecule has 0 rings (SSSR count). The fraction of sp³-hybridized carbons (Fsp3) is 0.762. The normalized spacial score (nSPS) is 14.7. The number of carbonyl (C=O) groups is 4. The molecule has 10 N–H and O–H groups in total. The van der Waals surface area contributed by atoms with Crippen LogP contribution in [0.5, 0.6) is 0 Å². The Morgan fingerprint density at radius 3 is 1.70 bits per heavy atom. The summed E-state index contributed by atoms with van der Waals surface area (Å²) < 4.78 is 0. The van der Waals surface area contributed by atoms with Crippen molar-refractivity contribution in [2.75, 3.05) is 6.54 Å². The second-order valence-corrected chi connectivity index (χ2v) is 9.02. The molecule has 0 aromatic heterocycles. The van der Waals surface area contributed by atoms with E-state index in [1.807, 2.05) is 27.7 Å². The summed E-state index contributed by atoms with van der Waals surface area (Å²) in [5.74, 6) is -2.84. The van der Waals surface area contributed by atoms with Crippen LogP contribution in [0.1, 0.15) is 60.3 Å². The molecule has 0 radical (unpaired) electrons. The maximum absolute atomic E-state index is 13.0. The number of hydrogen-bond acceptors (Lipinski definition) is 6. The van der Waals surface area contributed by atoms with Gasteiger partial charge in [0, 0.05) is 6.54 Å². The third-order valence-electron chi connectivity index (χ3n) is 4.65. The van der Waals surface area contributed by atoms with Crippen LogP contribution in [0.3, 0.4) is 0 Å². The average molecular weight is 472 g/mol. The number of aliphatic carboxylic acids is 1. The van der Waals surface area contributed by atoms with Crippen molar-refractivity contribution >= 4 is 29.7 Å². The lowest BCUT2D eigenvalue weighted by Crippen LogP contribution is -2.57. The molecule has 3 amide bonds. The number of nitrogens with one attached hydrogen (secondary N) is 3. The highest BCUT2D eigenvalue weighted by Gasteiger charge is 2.30. The number of aliphatic imine (C=N–C) groups is 1. The van der Waals surface area contributed by atoms with E-state index in [9.17, 15) is 24.3 Å². The number of nitrogens with two attached hydrogens (primary N) is 3. The van der Waals surface area contributed by atoms with Crippen molar-refractivity contribution in [2.24, 2.45) is 34.0 Å². The first-order chi connectivity index (χ1) is 15.2. The zero-order valence-corrected chi connectivity index (χ0v) is 20.3. The van der Waals surface area contributed by atoms with Crippen molar-refractivity contribution in [3.8, 4) is 0 Å². The number of nitrogens with zero attached hydrogens (tertiary/aromatic N) is 1. The Morgan fingerprint density at radius 1 is 0.788 bits per heavy atom. The zero-order valence-electron chi connectivity index (χ0n) is 20.3. The number of hydrogen-bond donors (Lipinski definition) is 7. The minimum atomic E-state index is -1.14. The van der Waals surface area contributed by atoms with E-state index in [4.69, 9.17) is 17.2 Å². The minimum absolute atomic E-state index is 0.0356. The van der Waals surface area contributed by atoms with E-state index < -0.39 is 47.9 Å². The number of carboxylic acid groups (broad SMARTS) is 1. The van der Waals surface area contributed by atoms with Gasteiger partial charge in [0.25, 0.3) is 0 Å². The Morgan fingerprint density at radius 2 is 1.24 bits per heavy atom. The van der Waals surface area contributed by atoms with Crippen molar-refractivity contribution in [1.29, 1.82) is 0 Å². The summed E-state index contributed by atoms with van der Waals surface area (Å²) in [5.41, 5.74) is 16.2. The number of amides is 3. The van der Waals surface area contributed by atoms with E-state index in [0.29, 0.717) is 6.42 Å². The fourth-order valence-electron chi connectivity index (χ4n) is 3.02. The molecule has 0 aliphatic heterocycles. The lowest BCUT2D eigenvalue weighted by molar-refractivity contribution is -0.143. The fourth-order valence-corrected chi connectivity index (χ4v) is 3.02. The highest BCUT2D eigenvalue weighted by Crippen LogP contribution is 2.10. The smallest absolute Gasteiger partial charge is 0.326 e. The Kier molecular flexibility index (Phi) is 13.7. The topological polar surface area (TPSA) is 215 Å². The van der Waals surface area contributed by atoms with Crippen LogP contribution in [-0.4, -0.2) is 65.5 Å². The Hall–Kier alpha value is -2.89. The summed E-state index contributed by atoms with van der Waals surface area (Å²) in [6, 6.07) is -3.85. The maximum Gasteiger partial charge on any atom is 0.326 e. The van der Waals surface area contributed by atoms with Gasteiger partial charge in [0.15, 0.2) is 5.96 Å². The van der Waals surface area contributed by atoms with Gasteiger partial charge in [0.2, 0.25) is 17.7 Å². The number of guanidine groups is 1. The molecule has 4 atom stereocenters. The highest BCUT2D eigenvalue weighted by molar-refractivity contribution is 5.94. The van der Waals surface area contributed by atoms with Crippen LogP contribution in [-0.2, 0) is 19.2 Å². The predicted molar refractivity (Wildman–Crippen MR) is 126 cm³/mol. The quantitative estimate of drug-likeness (QED) is 0.0892. The summed E-state index contributed by atoms with van der Waals surface area (Å²) in [5, 5.41) is 17.2. The van der Waals surface area contributed by atoms with Crippen LogP contribution in [0, 0.1) is 11.8 Å². The van der Waals surface area contributed by atoms with E-state index in [-0.39, 0.29) is 43.6 Å². The van der Waals surface area contributed by atoms with Crippen LogP contribution in [0.25, 0.3) is 0 Å². The molecule has 0 aliphatic carbocycles. The van der Waals surface area contributed by atoms with Crippen molar-refractivity contribution in [2.45, 2.75) is 84.5 Å². The monoisotopic (exact) mass is 471 g/mol. The van der Waals surface area contributed by atoms with Gasteiger partial charge in [-0.15, -0.1) is 0 Å². The molecule has 0 saturated heterocycles. The molecule has 0 saturated carbocycles. The molecule has 12 nitrogen and oxygen atoms in total. The summed E-state index contributed by atoms with van der Waals surface area (Å²) in [6.07, 6.45) is 1.14. The van der Waals surface area contributed by atoms with Crippen LogP contribution in [0.15, 0.2) is 4.99 Å². The first kappa shape index (κ1) is 30.1. The van der Waals surface area contributed by atoms with Crippen LogP contribution >= 0.6 is 0 Å². The molecule has 33 heavy (non-hydrogen) atoms. The van der Waals surface area contributed by atoms with E-state index in [1.165, 1.54) is 6.92 Å². The lowest BCUT2D eigenvalue weighted by atomic mass is 10.00.